The molecular weight excluding hydrogens is 426 g/mol. The summed E-state index contributed by atoms with van der Waals surface area (Å²) < 4.78 is 10.5. The molecule has 0 spiro atoms. The maximum atomic E-state index is 12.2. The van der Waals surface area contributed by atoms with Crippen LogP contribution in [0.5, 0.6) is 11.5 Å². The minimum atomic E-state index is -0.321. The second-order valence-corrected chi connectivity index (χ2v) is 7.41. The molecule has 2 N–H and O–H groups in total. The molecule has 0 bridgehead atoms. The van der Waals surface area contributed by atoms with Crippen LogP contribution in [-0.4, -0.2) is 37.6 Å². The molecule has 0 saturated carbocycles. The summed E-state index contributed by atoms with van der Waals surface area (Å²) in [6.07, 6.45) is 0.113. The molecule has 0 aliphatic rings. The fraction of sp³-hybridized carbons (Fsp3) is 0.190. The van der Waals surface area contributed by atoms with Crippen molar-refractivity contribution in [3.05, 3.63) is 58.4 Å². The first-order chi connectivity index (χ1) is 14.5. The molecule has 0 saturated heterocycles. The van der Waals surface area contributed by atoms with Gasteiger partial charge in [-0.1, -0.05) is 23.7 Å². The van der Waals surface area contributed by atoms with Gasteiger partial charge in [-0.25, -0.2) is 4.98 Å². The Kier molecular flexibility index (Phi) is 7.26. The van der Waals surface area contributed by atoms with Crippen LogP contribution in [0.2, 0.25) is 5.02 Å². The summed E-state index contributed by atoms with van der Waals surface area (Å²) >= 11 is 7.31. The molecule has 1 heterocycles. The molecule has 7 nitrogen and oxygen atoms in total. The Morgan fingerprint density at radius 2 is 1.87 bits per heavy atom. The van der Waals surface area contributed by atoms with Crippen molar-refractivity contribution in [3.8, 4) is 22.8 Å². The number of thiazole rings is 1. The Morgan fingerprint density at radius 3 is 2.60 bits per heavy atom. The van der Waals surface area contributed by atoms with Gasteiger partial charge in [0.15, 0.2) is 16.6 Å². The zero-order valence-electron chi connectivity index (χ0n) is 16.4. The molecule has 30 heavy (non-hydrogen) atoms. The van der Waals surface area contributed by atoms with E-state index in [0.717, 1.165) is 5.56 Å². The first-order valence-electron chi connectivity index (χ1n) is 9.02. The number of nitrogens with zero attached hydrogens (tertiary/aromatic N) is 1. The van der Waals surface area contributed by atoms with Crippen molar-refractivity contribution in [3.63, 3.8) is 0 Å². The van der Waals surface area contributed by atoms with Gasteiger partial charge in [0.25, 0.3) is 5.91 Å². The Bertz CT molecular complexity index is 1050. The second-order valence-electron chi connectivity index (χ2n) is 6.14. The van der Waals surface area contributed by atoms with Crippen LogP contribution in [0.1, 0.15) is 16.8 Å². The molecule has 0 unspecified atom stereocenters. The van der Waals surface area contributed by atoms with Crippen molar-refractivity contribution >= 4 is 39.9 Å². The largest absolute Gasteiger partial charge is 0.493 e. The summed E-state index contributed by atoms with van der Waals surface area (Å²) in [7, 11) is 3.14. The summed E-state index contributed by atoms with van der Waals surface area (Å²) in [6, 6.07) is 12.2. The number of halogens is 1. The standard InChI is InChI=1S/C21H20ClN3O4S/c1-28-17-8-7-13(11-18(17)29-2)16-12-30-21(24-16)25-19(26)9-10-23-20(27)14-5-3-4-6-15(14)22/h3-8,11-12H,9-10H2,1-2H3,(H,23,27)(H,24,25,26). The van der Waals surface area contributed by atoms with Crippen molar-refractivity contribution in [2.45, 2.75) is 6.42 Å². The number of methoxy groups -OCH3 is 2. The van der Waals surface area contributed by atoms with Crippen LogP contribution in [0, 0.1) is 0 Å². The van der Waals surface area contributed by atoms with E-state index in [4.69, 9.17) is 21.1 Å². The molecule has 3 aromatic rings. The lowest BCUT2D eigenvalue weighted by Gasteiger charge is -2.08. The Labute approximate surface area is 183 Å². The summed E-state index contributed by atoms with van der Waals surface area (Å²) in [6.45, 7) is 0.184. The molecule has 0 fully saturated rings. The normalized spacial score (nSPS) is 10.4. The van der Waals surface area contributed by atoms with Crippen LogP contribution < -0.4 is 20.1 Å². The Morgan fingerprint density at radius 1 is 1.10 bits per heavy atom. The molecule has 0 aliphatic carbocycles. The lowest BCUT2D eigenvalue weighted by atomic mass is 10.1. The van der Waals surface area contributed by atoms with E-state index in [2.05, 4.69) is 15.6 Å². The average molecular weight is 446 g/mol. The molecule has 1 aromatic heterocycles. The Hall–Kier alpha value is -3.10. The number of benzene rings is 2. The van der Waals surface area contributed by atoms with Crippen LogP contribution in [-0.2, 0) is 4.79 Å². The van der Waals surface area contributed by atoms with E-state index in [1.807, 2.05) is 17.5 Å². The topological polar surface area (TPSA) is 89.6 Å². The summed E-state index contributed by atoms with van der Waals surface area (Å²) in [5.74, 6) is 0.660. The van der Waals surface area contributed by atoms with Gasteiger partial charge in [0, 0.05) is 23.9 Å². The number of carbonyl (C=O) groups is 2. The maximum Gasteiger partial charge on any atom is 0.252 e. The highest BCUT2D eigenvalue weighted by molar-refractivity contribution is 7.14. The van der Waals surface area contributed by atoms with Crippen LogP contribution in [0.15, 0.2) is 47.8 Å². The number of carbonyl (C=O) groups excluding carboxylic acids is 2. The third-order valence-electron chi connectivity index (χ3n) is 4.19. The van der Waals surface area contributed by atoms with Gasteiger partial charge in [0.2, 0.25) is 5.91 Å². The first-order valence-corrected chi connectivity index (χ1v) is 10.3. The van der Waals surface area contributed by atoms with Gasteiger partial charge < -0.3 is 20.1 Å². The van der Waals surface area contributed by atoms with Gasteiger partial charge in [-0.15, -0.1) is 11.3 Å². The van der Waals surface area contributed by atoms with E-state index >= 15 is 0 Å². The van der Waals surface area contributed by atoms with Crippen LogP contribution in [0.3, 0.4) is 0 Å². The highest BCUT2D eigenvalue weighted by Crippen LogP contribution is 2.33. The van der Waals surface area contributed by atoms with Crippen molar-refractivity contribution < 1.29 is 19.1 Å². The first kappa shape index (κ1) is 21.6. The highest BCUT2D eigenvalue weighted by atomic mass is 35.5. The molecule has 2 amide bonds. The molecule has 156 valence electrons. The van der Waals surface area contributed by atoms with Crippen molar-refractivity contribution in [2.75, 3.05) is 26.1 Å². The van der Waals surface area contributed by atoms with Crippen LogP contribution in [0.4, 0.5) is 5.13 Å². The molecule has 0 aliphatic heterocycles. The van der Waals surface area contributed by atoms with Crippen LogP contribution >= 0.6 is 22.9 Å². The number of aromatic nitrogens is 1. The Balaban J connectivity index is 1.54. The third-order valence-corrected chi connectivity index (χ3v) is 5.27. The minimum absolute atomic E-state index is 0.113. The number of ether oxygens (including phenoxy) is 2. The van der Waals surface area contributed by atoms with Gasteiger partial charge in [-0.3, -0.25) is 9.59 Å². The molecule has 0 atom stereocenters. The van der Waals surface area contributed by atoms with Gasteiger partial charge in [-0.2, -0.15) is 0 Å². The molecule has 0 radical (unpaired) electrons. The monoisotopic (exact) mass is 445 g/mol. The predicted molar refractivity (Wildman–Crippen MR) is 118 cm³/mol. The highest BCUT2D eigenvalue weighted by Gasteiger charge is 2.12. The van der Waals surface area contributed by atoms with Gasteiger partial charge >= 0.3 is 0 Å². The second kappa shape index (κ2) is 10.1. The average Bonchev–Trinajstić information content (AvgIpc) is 3.21. The van der Waals surface area contributed by atoms with Crippen molar-refractivity contribution in [1.29, 1.82) is 0 Å². The zero-order chi connectivity index (χ0) is 21.5. The number of rotatable bonds is 8. The van der Waals surface area contributed by atoms with E-state index in [-0.39, 0.29) is 24.8 Å². The third kappa shape index (κ3) is 5.28. The van der Waals surface area contributed by atoms with Gasteiger partial charge in [-0.05, 0) is 30.3 Å². The fourth-order valence-corrected chi connectivity index (χ4v) is 3.63. The van der Waals surface area contributed by atoms with E-state index in [1.165, 1.54) is 11.3 Å². The molecular formula is C21H20ClN3O4S. The predicted octanol–water partition coefficient (Wildman–Crippen LogP) is 4.24. The van der Waals surface area contributed by atoms with Crippen molar-refractivity contribution in [2.24, 2.45) is 0 Å². The van der Waals surface area contributed by atoms with Crippen molar-refractivity contribution in [1.82, 2.24) is 10.3 Å². The van der Waals surface area contributed by atoms with Gasteiger partial charge in [0.1, 0.15) is 0 Å². The molecule has 9 heteroatoms. The summed E-state index contributed by atoms with van der Waals surface area (Å²) in [4.78, 5) is 28.7. The number of amides is 2. The van der Waals surface area contributed by atoms with Crippen LogP contribution in [0.25, 0.3) is 11.3 Å². The van der Waals surface area contributed by atoms with E-state index in [1.54, 1.807) is 44.6 Å². The number of nitrogens with one attached hydrogen (secondary N) is 2. The molecule has 2 aromatic carbocycles. The quantitative estimate of drug-likeness (QED) is 0.541. The SMILES string of the molecule is COc1ccc(-c2csc(NC(=O)CCNC(=O)c3ccccc3Cl)n2)cc1OC. The van der Waals surface area contributed by atoms with E-state index in [9.17, 15) is 9.59 Å². The minimum Gasteiger partial charge on any atom is -0.493 e. The maximum absolute atomic E-state index is 12.2. The fourth-order valence-electron chi connectivity index (χ4n) is 2.67. The van der Waals surface area contributed by atoms with E-state index < -0.39 is 0 Å². The number of hydrogen-bond acceptors (Lipinski definition) is 6. The smallest absolute Gasteiger partial charge is 0.252 e. The van der Waals surface area contributed by atoms with E-state index in [0.29, 0.717) is 32.9 Å². The lowest BCUT2D eigenvalue weighted by Crippen LogP contribution is -2.27. The number of hydrogen-bond donors (Lipinski definition) is 2. The number of anilines is 1. The zero-order valence-corrected chi connectivity index (χ0v) is 18.0. The van der Waals surface area contributed by atoms with Gasteiger partial charge in [0.05, 0.1) is 30.5 Å². The summed E-state index contributed by atoms with van der Waals surface area (Å²) in [5, 5.41) is 8.11. The summed E-state index contributed by atoms with van der Waals surface area (Å²) in [5.41, 5.74) is 1.93. The molecule has 3 rings (SSSR count). The lowest BCUT2D eigenvalue weighted by molar-refractivity contribution is -0.116.